The Labute approximate surface area is 117 Å². The number of carbonyl (C=O) groups excluding carboxylic acids is 1. The first kappa shape index (κ1) is 13.0. The van der Waals surface area contributed by atoms with Crippen molar-refractivity contribution in [2.24, 2.45) is 5.92 Å². The molecule has 2 aliphatic carbocycles. The summed E-state index contributed by atoms with van der Waals surface area (Å²) in [7, 11) is 0. The first-order valence-corrected chi connectivity index (χ1v) is 6.93. The highest BCUT2D eigenvalue weighted by molar-refractivity contribution is 5.90. The average molecular weight is 274 g/mol. The van der Waals surface area contributed by atoms with E-state index < -0.39 is 11.4 Å². The van der Waals surface area contributed by atoms with E-state index in [1.54, 1.807) is 24.3 Å². The number of amides is 2. The summed E-state index contributed by atoms with van der Waals surface area (Å²) in [4.78, 5) is 22.9. The molecule has 1 aromatic carbocycles. The molecule has 0 aromatic heterocycles. The third-order valence-electron chi connectivity index (χ3n) is 4.28. The molecule has 0 spiro atoms. The zero-order chi connectivity index (χ0) is 14.3. The van der Waals surface area contributed by atoms with Crippen molar-refractivity contribution in [1.82, 2.24) is 5.32 Å². The topological polar surface area (TPSA) is 78.4 Å². The van der Waals surface area contributed by atoms with Gasteiger partial charge in [-0.1, -0.05) is 19.1 Å². The van der Waals surface area contributed by atoms with Crippen LogP contribution in [-0.4, -0.2) is 23.1 Å². The zero-order valence-corrected chi connectivity index (χ0v) is 11.3. The summed E-state index contributed by atoms with van der Waals surface area (Å²) < 4.78 is 0. The molecule has 0 bridgehead atoms. The van der Waals surface area contributed by atoms with E-state index in [0.29, 0.717) is 24.4 Å². The van der Waals surface area contributed by atoms with Crippen LogP contribution >= 0.6 is 0 Å². The van der Waals surface area contributed by atoms with Crippen molar-refractivity contribution in [3.8, 4) is 0 Å². The Morgan fingerprint density at radius 3 is 2.30 bits per heavy atom. The second-order valence-electron chi connectivity index (χ2n) is 5.88. The third-order valence-corrected chi connectivity index (χ3v) is 4.28. The number of aliphatic carboxylic acids is 1. The van der Waals surface area contributed by atoms with Gasteiger partial charge in [-0.15, -0.1) is 0 Å². The smallest absolute Gasteiger partial charge is 0.319 e. The van der Waals surface area contributed by atoms with Gasteiger partial charge in [-0.25, -0.2) is 4.79 Å². The van der Waals surface area contributed by atoms with Crippen molar-refractivity contribution >= 4 is 17.7 Å². The third kappa shape index (κ3) is 2.35. The summed E-state index contributed by atoms with van der Waals surface area (Å²) in [6, 6.07) is 7.18. The van der Waals surface area contributed by atoms with Crippen molar-refractivity contribution in [3.63, 3.8) is 0 Å². The highest BCUT2D eigenvalue weighted by Crippen LogP contribution is 2.48. The van der Waals surface area contributed by atoms with Gasteiger partial charge in [-0.05, 0) is 42.9 Å². The molecule has 2 saturated carbocycles. The molecule has 2 fully saturated rings. The van der Waals surface area contributed by atoms with Crippen molar-refractivity contribution in [2.45, 2.75) is 37.6 Å². The van der Waals surface area contributed by atoms with E-state index in [9.17, 15) is 14.7 Å². The monoisotopic (exact) mass is 274 g/mol. The van der Waals surface area contributed by atoms with Gasteiger partial charge in [-0.2, -0.15) is 0 Å². The van der Waals surface area contributed by atoms with E-state index in [-0.39, 0.29) is 12.1 Å². The number of benzene rings is 1. The Hall–Kier alpha value is -2.04. The maximum Gasteiger partial charge on any atom is 0.319 e. The SMILES string of the molecule is CC1CC1NC(=O)Nc1ccc(C2(C(=O)O)CC2)cc1. The van der Waals surface area contributed by atoms with Gasteiger partial charge in [0, 0.05) is 11.7 Å². The molecule has 0 radical (unpaired) electrons. The zero-order valence-electron chi connectivity index (χ0n) is 11.3. The molecule has 106 valence electrons. The molecule has 20 heavy (non-hydrogen) atoms. The van der Waals surface area contributed by atoms with Crippen LogP contribution in [0.5, 0.6) is 0 Å². The Kier molecular flexibility index (Phi) is 2.92. The molecule has 2 atom stereocenters. The van der Waals surface area contributed by atoms with Gasteiger partial charge in [0.05, 0.1) is 5.41 Å². The van der Waals surface area contributed by atoms with Crippen molar-refractivity contribution < 1.29 is 14.7 Å². The number of urea groups is 1. The number of hydrogen-bond acceptors (Lipinski definition) is 2. The highest BCUT2D eigenvalue weighted by Gasteiger charge is 2.51. The molecular formula is C15H18N2O3. The van der Waals surface area contributed by atoms with E-state index in [1.165, 1.54) is 0 Å². The molecule has 2 amide bonds. The molecule has 0 heterocycles. The Morgan fingerprint density at radius 2 is 1.85 bits per heavy atom. The summed E-state index contributed by atoms with van der Waals surface area (Å²) in [5.74, 6) is -0.202. The second kappa shape index (κ2) is 4.51. The largest absolute Gasteiger partial charge is 0.481 e. The summed E-state index contributed by atoms with van der Waals surface area (Å²) in [5, 5.41) is 14.9. The summed E-state index contributed by atoms with van der Waals surface area (Å²) in [6.07, 6.45) is 2.41. The molecule has 2 aliphatic rings. The van der Waals surface area contributed by atoms with Gasteiger partial charge in [0.15, 0.2) is 0 Å². The molecule has 0 saturated heterocycles. The predicted octanol–water partition coefficient (Wildman–Crippen LogP) is 2.33. The lowest BCUT2D eigenvalue weighted by Crippen LogP contribution is -2.31. The van der Waals surface area contributed by atoms with Gasteiger partial charge in [0.2, 0.25) is 0 Å². The molecule has 5 nitrogen and oxygen atoms in total. The van der Waals surface area contributed by atoms with Crippen molar-refractivity contribution in [2.75, 3.05) is 5.32 Å². The number of carbonyl (C=O) groups is 2. The second-order valence-corrected chi connectivity index (χ2v) is 5.88. The summed E-state index contributed by atoms with van der Waals surface area (Å²) in [5.41, 5.74) is 0.803. The highest BCUT2D eigenvalue weighted by atomic mass is 16.4. The van der Waals surface area contributed by atoms with E-state index in [2.05, 4.69) is 17.6 Å². The quantitative estimate of drug-likeness (QED) is 0.788. The van der Waals surface area contributed by atoms with Gasteiger partial charge in [-0.3, -0.25) is 4.79 Å². The Balaban J connectivity index is 1.62. The lowest BCUT2D eigenvalue weighted by Gasteiger charge is -2.11. The number of hydrogen-bond donors (Lipinski definition) is 3. The average Bonchev–Trinajstić information content (AvgIpc) is 3.29. The number of rotatable bonds is 4. The van der Waals surface area contributed by atoms with Gasteiger partial charge >= 0.3 is 12.0 Å². The van der Waals surface area contributed by atoms with E-state index >= 15 is 0 Å². The van der Waals surface area contributed by atoms with E-state index in [0.717, 1.165) is 12.0 Å². The fourth-order valence-electron chi connectivity index (χ4n) is 2.48. The lowest BCUT2D eigenvalue weighted by atomic mass is 9.96. The predicted molar refractivity (Wildman–Crippen MR) is 74.7 cm³/mol. The molecule has 0 aliphatic heterocycles. The van der Waals surface area contributed by atoms with Crippen molar-refractivity contribution in [3.05, 3.63) is 29.8 Å². The Morgan fingerprint density at radius 1 is 1.25 bits per heavy atom. The molecule has 5 heteroatoms. The fourth-order valence-corrected chi connectivity index (χ4v) is 2.48. The van der Waals surface area contributed by atoms with Crippen LogP contribution in [0, 0.1) is 5.92 Å². The lowest BCUT2D eigenvalue weighted by molar-refractivity contribution is -0.140. The van der Waals surface area contributed by atoms with Crippen LogP contribution in [0.2, 0.25) is 0 Å². The van der Waals surface area contributed by atoms with E-state index in [1.807, 2.05) is 0 Å². The van der Waals surface area contributed by atoms with Crippen LogP contribution in [-0.2, 0) is 10.2 Å². The van der Waals surface area contributed by atoms with E-state index in [4.69, 9.17) is 0 Å². The molecule has 2 unspecified atom stereocenters. The molecular weight excluding hydrogens is 256 g/mol. The number of anilines is 1. The molecule has 3 rings (SSSR count). The van der Waals surface area contributed by atoms with Gasteiger partial charge in [0.25, 0.3) is 0 Å². The summed E-state index contributed by atoms with van der Waals surface area (Å²) in [6.45, 7) is 2.10. The number of carboxylic acids is 1. The minimum absolute atomic E-state index is 0.202. The van der Waals surface area contributed by atoms with Crippen LogP contribution in [0.3, 0.4) is 0 Å². The maximum absolute atomic E-state index is 11.7. The summed E-state index contributed by atoms with van der Waals surface area (Å²) >= 11 is 0. The van der Waals surface area contributed by atoms with Crippen LogP contribution in [0.4, 0.5) is 10.5 Å². The minimum Gasteiger partial charge on any atom is -0.481 e. The van der Waals surface area contributed by atoms with Crippen LogP contribution in [0.15, 0.2) is 24.3 Å². The number of carboxylic acid groups (broad SMARTS) is 1. The Bertz CT molecular complexity index is 549. The normalized spacial score (nSPS) is 25.6. The van der Waals surface area contributed by atoms with Crippen molar-refractivity contribution in [1.29, 1.82) is 0 Å². The first-order chi connectivity index (χ1) is 9.51. The maximum atomic E-state index is 11.7. The fraction of sp³-hybridized carbons (Fsp3) is 0.467. The minimum atomic E-state index is -0.765. The number of nitrogens with one attached hydrogen (secondary N) is 2. The molecule has 3 N–H and O–H groups in total. The first-order valence-electron chi connectivity index (χ1n) is 6.93. The standard InChI is InChI=1S/C15H18N2O3/c1-9-8-12(9)17-14(20)16-11-4-2-10(3-5-11)15(6-7-15)13(18)19/h2-5,9,12H,6-8H2,1H3,(H,18,19)(H2,16,17,20). The van der Waals surface area contributed by atoms with Gasteiger partial charge < -0.3 is 15.7 Å². The molecule has 1 aromatic rings. The van der Waals surface area contributed by atoms with Crippen LogP contribution < -0.4 is 10.6 Å². The van der Waals surface area contributed by atoms with Gasteiger partial charge in [0.1, 0.15) is 0 Å². The van der Waals surface area contributed by atoms with Crippen LogP contribution in [0.25, 0.3) is 0 Å². The van der Waals surface area contributed by atoms with Crippen LogP contribution in [0.1, 0.15) is 31.7 Å².